The molecular weight excluding hydrogens is 222 g/mol. The highest BCUT2D eigenvalue weighted by atomic mass is 16.1. The Labute approximate surface area is 111 Å². The van der Waals surface area contributed by atoms with Crippen LogP contribution in [0.15, 0.2) is 24.3 Å². The van der Waals surface area contributed by atoms with E-state index >= 15 is 0 Å². The van der Waals surface area contributed by atoms with Gasteiger partial charge in [-0.05, 0) is 43.4 Å². The molecule has 0 aliphatic heterocycles. The summed E-state index contributed by atoms with van der Waals surface area (Å²) in [6.07, 6.45) is 8.12. The number of anilines is 1. The fraction of sp³-hybridized carbons (Fsp3) is 0.562. The van der Waals surface area contributed by atoms with E-state index < -0.39 is 0 Å². The summed E-state index contributed by atoms with van der Waals surface area (Å²) in [5.41, 5.74) is 7.79. The molecule has 1 aromatic rings. The van der Waals surface area contributed by atoms with Crippen molar-refractivity contribution in [1.82, 2.24) is 0 Å². The molecule has 0 amide bonds. The van der Waals surface area contributed by atoms with Gasteiger partial charge in [0.05, 0.1) is 0 Å². The number of unbranched alkanes of at least 4 members (excludes halogenated alkanes) is 3. The lowest BCUT2D eigenvalue weighted by Gasteiger charge is -2.03. The highest BCUT2D eigenvalue weighted by Crippen LogP contribution is 2.11. The number of nitrogens with two attached hydrogens (primary N) is 1. The Bertz CT molecular complexity index is 343. The van der Waals surface area contributed by atoms with Crippen molar-refractivity contribution in [3.63, 3.8) is 0 Å². The SMILES string of the molecule is CCCCC(=O)CCCCCc1ccc(N)cc1. The number of carbonyl (C=O) groups excluding carboxylic acids is 1. The minimum atomic E-state index is 0.435. The van der Waals surface area contributed by atoms with Gasteiger partial charge in [-0.3, -0.25) is 4.79 Å². The van der Waals surface area contributed by atoms with Gasteiger partial charge >= 0.3 is 0 Å². The maximum Gasteiger partial charge on any atom is 0.132 e. The molecule has 0 radical (unpaired) electrons. The second kappa shape index (κ2) is 8.73. The molecule has 2 heteroatoms. The van der Waals surface area contributed by atoms with Gasteiger partial charge in [-0.2, -0.15) is 0 Å². The zero-order chi connectivity index (χ0) is 13.2. The number of Topliss-reactive ketones (excluding diaryl/α,β-unsaturated/α-hetero) is 1. The molecule has 2 nitrogen and oxygen atoms in total. The summed E-state index contributed by atoms with van der Waals surface area (Å²) in [5.74, 6) is 0.435. The van der Waals surface area contributed by atoms with Crippen molar-refractivity contribution in [2.45, 2.75) is 58.3 Å². The van der Waals surface area contributed by atoms with E-state index in [1.54, 1.807) is 0 Å². The van der Waals surface area contributed by atoms with Gasteiger partial charge in [0.15, 0.2) is 0 Å². The van der Waals surface area contributed by atoms with E-state index in [1.165, 1.54) is 5.56 Å². The Morgan fingerprint density at radius 3 is 2.33 bits per heavy atom. The summed E-state index contributed by atoms with van der Waals surface area (Å²) in [5, 5.41) is 0. The summed E-state index contributed by atoms with van der Waals surface area (Å²) in [6, 6.07) is 8.07. The molecule has 0 aliphatic carbocycles. The molecule has 0 heterocycles. The quantitative estimate of drug-likeness (QED) is 0.526. The topological polar surface area (TPSA) is 43.1 Å². The monoisotopic (exact) mass is 247 g/mol. The first-order valence-corrected chi connectivity index (χ1v) is 7.08. The van der Waals surface area contributed by atoms with Gasteiger partial charge in [0.25, 0.3) is 0 Å². The molecule has 1 rings (SSSR count). The molecule has 0 unspecified atom stereocenters. The van der Waals surface area contributed by atoms with E-state index in [1.807, 2.05) is 12.1 Å². The van der Waals surface area contributed by atoms with Crippen molar-refractivity contribution in [3.05, 3.63) is 29.8 Å². The third-order valence-electron chi connectivity index (χ3n) is 3.21. The Kier molecular flexibility index (Phi) is 7.16. The molecule has 2 N–H and O–H groups in total. The van der Waals surface area contributed by atoms with E-state index in [4.69, 9.17) is 5.73 Å². The highest BCUT2D eigenvalue weighted by molar-refractivity contribution is 5.78. The molecule has 1 aromatic carbocycles. The van der Waals surface area contributed by atoms with E-state index in [-0.39, 0.29) is 0 Å². The summed E-state index contributed by atoms with van der Waals surface area (Å²) in [7, 11) is 0. The van der Waals surface area contributed by atoms with E-state index in [2.05, 4.69) is 19.1 Å². The predicted molar refractivity (Wildman–Crippen MR) is 77.6 cm³/mol. The van der Waals surface area contributed by atoms with Crippen molar-refractivity contribution in [2.75, 3.05) is 5.73 Å². The number of carbonyl (C=O) groups is 1. The van der Waals surface area contributed by atoms with Crippen molar-refractivity contribution < 1.29 is 4.79 Å². The number of rotatable bonds is 9. The molecule has 0 atom stereocenters. The Hall–Kier alpha value is -1.31. The van der Waals surface area contributed by atoms with Crippen LogP contribution in [0.3, 0.4) is 0 Å². The Morgan fingerprint density at radius 1 is 1.00 bits per heavy atom. The fourth-order valence-corrected chi connectivity index (χ4v) is 2.01. The van der Waals surface area contributed by atoms with Crippen LogP contribution in [-0.4, -0.2) is 5.78 Å². The molecule has 0 aromatic heterocycles. The van der Waals surface area contributed by atoms with Crippen molar-refractivity contribution in [1.29, 1.82) is 0 Å². The zero-order valence-corrected chi connectivity index (χ0v) is 11.5. The second-order valence-corrected chi connectivity index (χ2v) is 4.94. The fourth-order valence-electron chi connectivity index (χ4n) is 2.01. The van der Waals surface area contributed by atoms with Gasteiger partial charge in [-0.15, -0.1) is 0 Å². The second-order valence-electron chi connectivity index (χ2n) is 4.94. The molecule has 0 saturated carbocycles. The number of aryl methyl sites for hydroxylation is 1. The number of hydrogen-bond acceptors (Lipinski definition) is 2. The minimum absolute atomic E-state index is 0.435. The number of ketones is 1. The Morgan fingerprint density at radius 2 is 1.67 bits per heavy atom. The maximum absolute atomic E-state index is 11.5. The first kappa shape index (κ1) is 14.7. The third-order valence-corrected chi connectivity index (χ3v) is 3.21. The van der Waals surface area contributed by atoms with Crippen LogP contribution < -0.4 is 5.73 Å². The number of hydrogen-bond donors (Lipinski definition) is 1. The van der Waals surface area contributed by atoms with Crippen LogP contribution in [0.25, 0.3) is 0 Å². The molecule has 18 heavy (non-hydrogen) atoms. The van der Waals surface area contributed by atoms with Crippen LogP contribution in [-0.2, 0) is 11.2 Å². The molecule has 0 saturated heterocycles. The summed E-state index contributed by atoms with van der Waals surface area (Å²) < 4.78 is 0. The average molecular weight is 247 g/mol. The van der Waals surface area contributed by atoms with Gasteiger partial charge in [-0.25, -0.2) is 0 Å². The number of nitrogen functional groups attached to an aromatic ring is 1. The molecule has 0 fully saturated rings. The normalized spacial score (nSPS) is 10.5. The van der Waals surface area contributed by atoms with Gasteiger partial charge in [0.1, 0.15) is 5.78 Å². The molecule has 0 bridgehead atoms. The molecule has 0 spiro atoms. The van der Waals surface area contributed by atoms with Crippen LogP contribution in [0.5, 0.6) is 0 Å². The van der Waals surface area contributed by atoms with Crippen molar-refractivity contribution >= 4 is 11.5 Å². The minimum Gasteiger partial charge on any atom is -0.399 e. The highest BCUT2D eigenvalue weighted by Gasteiger charge is 2.01. The maximum atomic E-state index is 11.5. The Balaban J connectivity index is 2.05. The van der Waals surface area contributed by atoms with Gasteiger partial charge in [0.2, 0.25) is 0 Å². The van der Waals surface area contributed by atoms with E-state index in [0.717, 1.165) is 57.1 Å². The lowest BCUT2D eigenvalue weighted by atomic mass is 10.0. The van der Waals surface area contributed by atoms with E-state index in [0.29, 0.717) is 5.78 Å². The summed E-state index contributed by atoms with van der Waals surface area (Å²) in [4.78, 5) is 11.5. The van der Waals surface area contributed by atoms with Crippen LogP contribution in [0.4, 0.5) is 5.69 Å². The van der Waals surface area contributed by atoms with Gasteiger partial charge in [-0.1, -0.05) is 31.9 Å². The summed E-state index contributed by atoms with van der Waals surface area (Å²) in [6.45, 7) is 2.12. The molecule has 100 valence electrons. The number of benzene rings is 1. The lowest BCUT2D eigenvalue weighted by molar-refractivity contribution is -0.119. The standard InChI is InChI=1S/C16H25NO/c1-2-3-8-16(18)9-6-4-5-7-14-10-12-15(17)13-11-14/h10-13H,2-9,17H2,1H3. The first-order valence-electron chi connectivity index (χ1n) is 7.08. The smallest absolute Gasteiger partial charge is 0.132 e. The van der Waals surface area contributed by atoms with E-state index in [9.17, 15) is 4.79 Å². The van der Waals surface area contributed by atoms with Gasteiger partial charge < -0.3 is 5.73 Å². The van der Waals surface area contributed by atoms with Crippen LogP contribution in [0, 0.1) is 0 Å². The van der Waals surface area contributed by atoms with Gasteiger partial charge in [0, 0.05) is 18.5 Å². The predicted octanol–water partition coefficient (Wildman–Crippen LogP) is 4.13. The average Bonchev–Trinajstić information content (AvgIpc) is 2.38. The van der Waals surface area contributed by atoms with Crippen LogP contribution in [0.1, 0.15) is 57.4 Å². The lowest BCUT2D eigenvalue weighted by Crippen LogP contribution is -1.97. The van der Waals surface area contributed by atoms with Crippen molar-refractivity contribution in [3.8, 4) is 0 Å². The zero-order valence-electron chi connectivity index (χ0n) is 11.5. The molecule has 0 aliphatic rings. The van der Waals surface area contributed by atoms with Crippen molar-refractivity contribution in [2.24, 2.45) is 0 Å². The molecular formula is C16H25NO. The summed E-state index contributed by atoms with van der Waals surface area (Å²) >= 11 is 0. The van der Waals surface area contributed by atoms with Crippen LogP contribution >= 0.6 is 0 Å². The van der Waals surface area contributed by atoms with Crippen LogP contribution in [0.2, 0.25) is 0 Å². The third kappa shape index (κ3) is 6.43. The largest absolute Gasteiger partial charge is 0.399 e. The first-order chi connectivity index (χ1) is 8.72.